The first-order chi connectivity index (χ1) is 6.70. The maximum Gasteiger partial charge on any atom is 0.163 e. The predicted octanol–water partition coefficient (Wildman–Crippen LogP) is 1.38. The van der Waals surface area contributed by atoms with Crippen LogP contribution in [0.3, 0.4) is 0 Å². The molecule has 1 aliphatic heterocycles. The van der Waals surface area contributed by atoms with E-state index >= 15 is 0 Å². The second-order valence-electron chi connectivity index (χ2n) is 5.33. The summed E-state index contributed by atoms with van der Waals surface area (Å²) in [5.41, 5.74) is 3.13. The SMILES string of the molecule is CC1(C)OC[C@H](C(O)C#C[Si](C)(C)C)O1. The minimum absolute atomic E-state index is 0.316. The lowest BCUT2D eigenvalue weighted by Crippen LogP contribution is -2.30. The molecule has 0 aromatic carbocycles. The van der Waals surface area contributed by atoms with Crippen LogP contribution in [0.2, 0.25) is 19.6 Å². The molecule has 4 heteroatoms. The molecule has 0 aliphatic carbocycles. The van der Waals surface area contributed by atoms with Crippen molar-refractivity contribution in [2.45, 2.75) is 51.5 Å². The summed E-state index contributed by atoms with van der Waals surface area (Å²) in [6, 6.07) is 0. The number of ether oxygens (including phenoxy) is 2. The maximum atomic E-state index is 9.79. The Balaban J connectivity index is 2.55. The molecule has 1 rings (SSSR count). The van der Waals surface area contributed by atoms with Crippen molar-refractivity contribution >= 4 is 8.07 Å². The molecule has 1 fully saturated rings. The Bertz CT molecular complexity index is 282. The van der Waals surface area contributed by atoms with Crippen molar-refractivity contribution < 1.29 is 14.6 Å². The molecule has 1 unspecified atom stereocenters. The fourth-order valence-corrected chi connectivity index (χ4v) is 1.84. The molecule has 1 aliphatic rings. The van der Waals surface area contributed by atoms with Crippen LogP contribution in [0.15, 0.2) is 0 Å². The van der Waals surface area contributed by atoms with Gasteiger partial charge in [-0.05, 0) is 13.8 Å². The molecule has 1 saturated heterocycles. The minimum Gasteiger partial charge on any atom is -0.378 e. The average Bonchev–Trinajstić information content (AvgIpc) is 2.40. The van der Waals surface area contributed by atoms with Gasteiger partial charge < -0.3 is 14.6 Å². The predicted molar refractivity (Wildman–Crippen MR) is 62.0 cm³/mol. The first kappa shape index (κ1) is 12.7. The summed E-state index contributed by atoms with van der Waals surface area (Å²) in [6.07, 6.45) is -1.05. The van der Waals surface area contributed by atoms with Crippen molar-refractivity contribution in [3.63, 3.8) is 0 Å². The Kier molecular flexibility index (Phi) is 3.62. The normalized spacial score (nSPS) is 26.9. The largest absolute Gasteiger partial charge is 0.378 e. The standard InChI is InChI=1S/C11H20O3Si/c1-11(2)13-8-10(14-11)9(12)6-7-15(3,4)5/h9-10,12H,8H2,1-5H3/t9?,10-/m1/s1. The highest BCUT2D eigenvalue weighted by Crippen LogP contribution is 2.23. The van der Waals surface area contributed by atoms with Crippen molar-refractivity contribution in [2.75, 3.05) is 6.61 Å². The second-order valence-corrected chi connectivity index (χ2v) is 10.1. The third-order valence-corrected chi connectivity index (χ3v) is 2.87. The third-order valence-electron chi connectivity index (χ3n) is 1.98. The zero-order chi connectivity index (χ0) is 11.7. The van der Waals surface area contributed by atoms with E-state index in [1.807, 2.05) is 13.8 Å². The fraction of sp³-hybridized carbons (Fsp3) is 0.818. The minimum atomic E-state index is -1.42. The first-order valence-corrected chi connectivity index (χ1v) is 8.72. The summed E-state index contributed by atoms with van der Waals surface area (Å²) in [5.74, 6) is 2.27. The molecule has 15 heavy (non-hydrogen) atoms. The van der Waals surface area contributed by atoms with E-state index in [9.17, 15) is 5.11 Å². The molecular formula is C11H20O3Si. The maximum absolute atomic E-state index is 9.79. The summed E-state index contributed by atoms with van der Waals surface area (Å²) in [4.78, 5) is 0. The summed E-state index contributed by atoms with van der Waals surface area (Å²) in [5, 5.41) is 9.79. The van der Waals surface area contributed by atoms with Crippen LogP contribution in [0.4, 0.5) is 0 Å². The topological polar surface area (TPSA) is 38.7 Å². The molecular weight excluding hydrogens is 208 g/mol. The first-order valence-electron chi connectivity index (χ1n) is 5.22. The van der Waals surface area contributed by atoms with Crippen molar-refractivity contribution in [1.29, 1.82) is 0 Å². The Morgan fingerprint density at radius 2 is 2.00 bits per heavy atom. The van der Waals surface area contributed by atoms with Crippen molar-refractivity contribution in [3.8, 4) is 11.5 Å². The lowest BCUT2D eigenvalue weighted by Gasteiger charge is -2.18. The van der Waals surface area contributed by atoms with Crippen LogP contribution in [0.1, 0.15) is 13.8 Å². The van der Waals surface area contributed by atoms with Gasteiger partial charge in [0.2, 0.25) is 0 Å². The van der Waals surface area contributed by atoms with Crippen LogP contribution in [0.25, 0.3) is 0 Å². The monoisotopic (exact) mass is 228 g/mol. The molecule has 0 radical (unpaired) electrons. The fourth-order valence-electron chi connectivity index (χ4n) is 1.25. The zero-order valence-corrected chi connectivity index (χ0v) is 11.1. The number of aliphatic hydroxyl groups excluding tert-OH is 1. The average molecular weight is 228 g/mol. The molecule has 0 spiro atoms. The summed E-state index contributed by atoms with van der Waals surface area (Å²) < 4.78 is 10.9. The Labute approximate surface area is 92.8 Å². The van der Waals surface area contributed by atoms with E-state index < -0.39 is 20.0 Å². The summed E-state index contributed by atoms with van der Waals surface area (Å²) in [7, 11) is -1.42. The van der Waals surface area contributed by atoms with Crippen LogP contribution < -0.4 is 0 Å². The molecule has 3 nitrogen and oxygen atoms in total. The van der Waals surface area contributed by atoms with Gasteiger partial charge in [-0.1, -0.05) is 25.6 Å². The van der Waals surface area contributed by atoms with Crippen LogP contribution in [0, 0.1) is 11.5 Å². The third kappa shape index (κ3) is 4.35. The summed E-state index contributed by atoms with van der Waals surface area (Å²) >= 11 is 0. The molecule has 1 N–H and O–H groups in total. The van der Waals surface area contributed by atoms with Crippen LogP contribution in [-0.2, 0) is 9.47 Å². The van der Waals surface area contributed by atoms with E-state index in [0.29, 0.717) is 6.61 Å². The lowest BCUT2D eigenvalue weighted by molar-refractivity contribution is -0.146. The summed E-state index contributed by atoms with van der Waals surface area (Å²) in [6.45, 7) is 10.5. The van der Waals surface area contributed by atoms with E-state index in [4.69, 9.17) is 9.47 Å². The van der Waals surface area contributed by atoms with Gasteiger partial charge in [0.15, 0.2) is 5.79 Å². The molecule has 1 heterocycles. The van der Waals surface area contributed by atoms with Gasteiger partial charge >= 0.3 is 0 Å². The van der Waals surface area contributed by atoms with Gasteiger partial charge in [0.1, 0.15) is 20.3 Å². The van der Waals surface area contributed by atoms with E-state index in [1.165, 1.54) is 0 Å². The quantitative estimate of drug-likeness (QED) is 0.544. The van der Waals surface area contributed by atoms with Gasteiger partial charge in [-0.3, -0.25) is 0 Å². The number of aliphatic hydroxyl groups is 1. The molecule has 0 amide bonds. The van der Waals surface area contributed by atoms with Gasteiger partial charge in [0.05, 0.1) is 6.61 Å². The van der Waals surface area contributed by atoms with Gasteiger partial charge in [-0.15, -0.1) is 5.54 Å². The number of hydrogen-bond donors (Lipinski definition) is 1. The second kappa shape index (κ2) is 4.26. The van der Waals surface area contributed by atoms with Crippen LogP contribution in [-0.4, -0.2) is 37.8 Å². The lowest BCUT2D eigenvalue weighted by atomic mass is 10.2. The van der Waals surface area contributed by atoms with E-state index in [-0.39, 0.29) is 6.10 Å². The smallest absolute Gasteiger partial charge is 0.163 e. The molecule has 0 bridgehead atoms. The Morgan fingerprint density at radius 3 is 2.40 bits per heavy atom. The van der Waals surface area contributed by atoms with Crippen LogP contribution in [0.5, 0.6) is 0 Å². The Hall–Kier alpha value is -0.343. The highest BCUT2D eigenvalue weighted by molar-refractivity contribution is 6.83. The molecule has 0 aromatic rings. The Morgan fingerprint density at radius 1 is 1.40 bits per heavy atom. The number of rotatable bonds is 1. The number of hydrogen-bond acceptors (Lipinski definition) is 3. The van der Waals surface area contributed by atoms with Gasteiger partial charge in [0.25, 0.3) is 0 Å². The molecule has 2 atom stereocenters. The highest BCUT2D eigenvalue weighted by Gasteiger charge is 2.36. The molecule has 0 aromatic heterocycles. The van der Waals surface area contributed by atoms with Crippen molar-refractivity contribution in [2.24, 2.45) is 0 Å². The van der Waals surface area contributed by atoms with Crippen LogP contribution >= 0.6 is 0 Å². The van der Waals surface area contributed by atoms with E-state index in [2.05, 4.69) is 31.1 Å². The van der Waals surface area contributed by atoms with Gasteiger partial charge in [-0.25, -0.2) is 0 Å². The van der Waals surface area contributed by atoms with E-state index in [1.54, 1.807) is 0 Å². The van der Waals surface area contributed by atoms with Gasteiger partial charge in [0, 0.05) is 0 Å². The van der Waals surface area contributed by atoms with Crippen molar-refractivity contribution in [3.05, 3.63) is 0 Å². The van der Waals surface area contributed by atoms with Crippen molar-refractivity contribution in [1.82, 2.24) is 0 Å². The zero-order valence-electron chi connectivity index (χ0n) is 10.1. The molecule has 0 saturated carbocycles. The van der Waals surface area contributed by atoms with E-state index in [0.717, 1.165) is 0 Å². The van der Waals surface area contributed by atoms with Gasteiger partial charge in [-0.2, -0.15) is 0 Å². The molecule has 86 valence electrons. The highest BCUT2D eigenvalue weighted by atomic mass is 28.3.